The zero-order valence-corrected chi connectivity index (χ0v) is 18.1. The van der Waals surface area contributed by atoms with Crippen LogP contribution in [0.25, 0.3) is 0 Å². The second-order valence-corrected chi connectivity index (χ2v) is 7.89. The molecule has 0 aliphatic carbocycles. The number of fused-ring (bicyclic) bond motifs is 1. The lowest BCUT2D eigenvalue weighted by atomic mass is 10.2. The van der Waals surface area contributed by atoms with Gasteiger partial charge in [0.15, 0.2) is 17.5 Å². The zero-order valence-electron chi connectivity index (χ0n) is 17.3. The summed E-state index contributed by atoms with van der Waals surface area (Å²) in [4.78, 5) is 17.2. The lowest BCUT2D eigenvalue weighted by Crippen LogP contribution is -2.32. The van der Waals surface area contributed by atoms with Crippen LogP contribution in [0.4, 0.5) is 5.69 Å². The number of anilines is 1. The van der Waals surface area contributed by atoms with Gasteiger partial charge in [-0.2, -0.15) is 0 Å². The van der Waals surface area contributed by atoms with E-state index in [0.717, 1.165) is 49.4 Å². The van der Waals surface area contributed by atoms with Crippen molar-refractivity contribution in [1.82, 2.24) is 5.32 Å². The number of benzene rings is 1. The third kappa shape index (κ3) is 7.26. The molecular formula is C22H29N3O4S. The number of unbranched alkanes of at least 4 members (excludes halogenated alkanes) is 1. The molecule has 0 spiro atoms. The number of nitrogens with zero attached hydrogens (tertiary/aromatic N) is 1. The molecule has 0 saturated heterocycles. The maximum atomic E-state index is 11.2. The number of thiophene rings is 1. The van der Waals surface area contributed by atoms with E-state index in [2.05, 4.69) is 37.9 Å². The third-order valence-corrected chi connectivity index (χ3v) is 5.48. The molecule has 1 aromatic carbocycles. The highest BCUT2D eigenvalue weighted by Crippen LogP contribution is 2.32. The summed E-state index contributed by atoms with van der Waals surface area (Å²) >= 11 is 1.75. The van der Waals surface area contributed by atoms with Crippen molar-refractivity contribution in [3.05, 3.63) is 40.6 Å². The number of guanidine groups is 1. The van der Waals surface area contributed by atoms with Crippen LogP contribution in [0.2, 0.25) is 0 Å². The van der Waals surface area contributed by atoms with Crippen molar-refractivity contribution in [2.24, 2.45) is 4.99 Å². The quantitative estimate of drug-likeness (QED) is 0.272. The number of methoxy groups -OCH3 is 1. The maximum absolute atomic E-state index is 11.2. The molecule has 2 N–H and O–H groups in total. The Balaban J connectivity index is 1.58. The third-order valence-electron chi connectivity index (χ3n) is 4.54. The number of ether oxygens (including phenoxy) is 3. The second kappa shape index (κ2) is 12.1. The van der Waals surface area contributed by atoms with E-state index >= 15 is 0 Å². The van der Waals surface area contributed by atoms with E-state index in [1.165, 1.54) is 12.0 Å². The van der Waals surface area contributed by atoms with Crippen LogP contribution >= 0.6 is 11.3 Å². The van der Waals surface area contributed by atoms with Crippen LogP contribution in [-0.4, -0.2) is 45.3 Å². The first-order valence-electron chi connectivity index (χ1n) is 10.3. The standard InChI is InChI=1S/C22H29N3O4S/c1-27-21(26)7-2-3-11-23-22(24-12-10-18-6-4-15-30-18)25-17-8-9-19-20(16-17)29-14-5-13-28-19/h4,6,8-9,15-16H,2-3,5,7,10-14H2,1H3,(H2,23,24,25). The van der Waals surface area contributed by atoms with Gasteiger partial charge in [0.25, 0.3) is 0 Å². The summed E-state index contributed by atoms with van der Waals surface area (Å²) in [6.07, 6.45) is 3.79. The molecule has 1 aliphatic rings. The number of aliphatic imine (C=N–C) groups is 1. The summed E-state index contributed by atoms with van der Waals surface area (Å²) in [5.41, 5.74) is 0.885. The summed E-state index contributed by atoms with van der Waals surface area (Å²) in [5, 5.41) is 8.83. The molecule has 1 aliphatic heterocycles. The Kier molecular flexibility index (Phi) is 8.83. The zero-order chi connectivity index (χ0) is 21.0. The molecule has 0 unspecified atom stereocenters. The number of hydrogen-bond donors (Lipinski definition) is 2. The highest BCUT2D eigenvalue weighted by atomic mass is 32.1. The topological polar surface area (TPSA) is 81.2 Å². The van der Waals surface area contributed by atoms with E-state index in [1.54, 1.807) is 11.3 Å². The van der Waals surface area contributed by atoms with Gasteiger partial charge in [0.1, 0.15) is 0 Å². The van der Waals surface area contributed by atoms with Crippen molar-refractivity contribution < 1.29 is 19.0 Å². The van der Waals surface area contributed by atoms with E-state index in [9.17, 15) is 4.79 Å². The van der Waals surface area contributed by atoms with Gasteiger partial charge >= 0.3 is 5.97 Å². The Bertz CT molecular complexity index is 824. The number of rotatable bonds is 9. The summed E-state index contributed by atoms with van der Waals surface area (Å²) in [6.45, 7) is 2.72. The van der Waals surface area contributed by atoms with Crippen molar-refractivity contribution in [3.8, 4) is 11.5 Å². The molecule has 1 aromatic heterocycles. The highest BCUT2D eigenvalue weighted by Gasteiger charge is 2.11. The Labute approximate surface area is 181 Å². The van der Waals surface area contributed by atoms with Crippen molar-refractivity contribution in [3.63, 3.8) is 0 Å². The van der Waals surface area contributed by atoms with E-state index in [0.29, 0.717) is 32.1 Å². The van der Waals surface area contributed by atoms with Crippen LogP contribution in [-0.2, 0) is 16.0 Å². The Morgan fingerprint density at radius 3 is 2.87 bits per heavy atom. The molecule has 0 amide bonds. The van der Waals surface area contributed by atoms with Crippen LogP contribution in [0, 0.1) is 0 Å². The molecule has 30 heavy (non-hydrogen) atoms. The molecule has 0 atom stereocenters. The first-order chi connectivity index (χ1) is 14.7. The van der Waals surface area contributed by atoms with E-state index < -0.39 is 0 Å². The first kappa shape index (κ1) is 22.0. The Hall–Kier alpha value is -2.74. The minimum Gasteiger partial charge on any atom is -0.490 e. The molecular weight excluding hydrogens is 402 g/mol. The molecule has 8 heteroatoms. The molecule has 0 bridgehead atoms. The van der Waals surface area contributed by atoms with Crippen LogP contribution in [0.15, 0.2) is 40.7 Å². The van der Waals surface area contributed by atoms with Gasteiger partial charge < -0.3 is 24.8 Å². The molecule has 0 saturated carbocycles. The van der Waals surface area contributed by atoms with Crippen molar-refractivity contribution in [2.75, 3.05) is 38.7 Å². The van der Waals surface area contributed by atoms with E-state index in [4.69, 9.17) is 9.47 Å². The van der Waals surface area contributed by atoms with E-state index in [-0.39, 0.29) is 5.97 Å². The average molecular weight is 432 g/mol. The fourth-order valence-corrected chi connectivity index (χ4v) is 3.66. The number of esters is 1. The predicted octanol–water partition coefficient (Wildman–Crippen LogP) is 3.85. The summed E-state index contributed by atoms with van der Waals surface area (Å²) in [7, 11) is 1.41. The minimum absolute atomic E-state index is 0.182. The fourth-order valence-electron chi connectivity index (χ4n) is 2.95. The first-order valence-corrected chi connectivity index (χ1v) is 11.2. The second-order valence-electron chi connectivity index (χ2n) is 6.86. The summed E-state index contributed by atoms with van der Waals surface area (Å²) < 4.78 is 16.2. The van der Waals surface area contributed by atoms with Crippen molar-refractivity contribution in [2.45, 2.75) is 32.1 Å². The van der Waals surface area contributed by atoms with Crippen molar-refractivity contribution >= 4 is 29.0 Å². The van der Waals surface area contributed by atoms with Gasteiger partial charge in [0.2, 0.25) is 0 Å². The largest absolute Gasteiger partial charge is 0.490 e. The van der Waals surface area contributed by atoms with Crippen LogP contribution in [0.1, 0.15) is 30.6 Å². The number of nitrogens with one attached hydrogen (secondary N) is 2. The SMILES string of the molecule is COC(=O)CCCCN=C(NCCc1cccs1)Nc1ccc2c(c1)OCCCO2. The van der Waals surface area contributed by atoms with Gasteiger partial charge in [-0.1, -0.05) is 6.07 Å². The normalized spacial score (nSPS) is 13.4. The fraction of sp³-hybridized carbons (Fsp3) is 0.455. The monoisotopic (exact) mass is 431 g/mol. The van der Waals surface area contributed by atoms with Gasteiger partial charge in [0, 0.05) is 42.6 Å². The van der Waals surface area contributed by atoms with Crippen molar-refractivity contribution in [1.29, 1.82) is 0 Å². The molecule has 3 rings (SSSR count). The minimum atomic E-state index is -0.182. The molecule has 2 heterocycles. The summed E-state index contributed by atoms with van der Waals surface area (Å²) in [6, 6.07) is 10.0. The smallest absolute Gasteiger partial charge is 0.305 e. The Morgan fingerprint density at radius 2 is 2.07 bits per heavy atom. The molecule has 162 valence electrons. The predicted molar refractivity (Wildman–Crippen MR) is 120 cm³/mol. The number of carbonyl (C=O) groups excluding carboxylic acids is 1. The maximum Gasteiger partial charge on any atom is 0.305 e. The van der Waals surface area contributed by atoms with Crippen LogP contribution < -0.4 is 20.1 Å². The highest BCUT2D eigenvalue weighted by molar-refractivity contribution is 7.09. The average Bonchev–Trinajstić information content (AvgIpc) is 3.16. The molecule has 0 fully saturated rings. The van der Waals surface area contributed by atoms with Gasteiger partial charge in [0.05, 0.1) is 20.3 Å². The van der Waals surface area contributed by atoms with Gasteiger partial charge in [-0.3, -0.25) is 9.79 Å². The summed E-state index contributed by atoms with van der Waals surface area (Å²) in [5.74, 6) is 2.04. The van der Waals surface area contributed by atoms with Gasteiger partial charge in [-0.05, 0) is 42.8 Å². The molecule has 2 aromatic rings. The number of carbonyl (C=O) groups is 1. The van der Waals surface area contributed by atoms with Gasteiger partial charge in [-0.25, -0.2) is 0 Å². The van der Waals surface area contributed by atoms with Crippen LogP contribution in [0.5, 0.6) is 11.5 Å². The van der Waals surface area contributed by atoms with Crippen LogP contribution in [0.3, 0.4) is 0 Å². The lowest BCUT2D eigenvalue weighted by molar-refractivity contribution is -0.140. The lowest BCUT2D eigenvalue weighted by Gasteiger charge is -2.14. The molecule has 0 radical (unpaired) electrons. The van der Waals surface area contributed by atoms with E-state index in [1.807, 2.05) is 18.2 Å². The molecule has 7 nitrogen and oxygen atoms in total. The Morgan fingerprint density at radius 1 is 1.20 bits per heavy atom. The van der Waals surface area contributed by atoms with Gasteiger partial charge in [-0.15, -0.1) is 11.3 Å². The number of hydrogen-bond acceptors (Lipinski definition) is 6.